The van der Waals surface area contributed by atoms with Crippen LogP contribution in [-0.4, -0.2) is 26.1 Å². The van der Waals surface area contributed by atoms with Crippen LogP contribution < -0.4 is 9.88 Å². The fraction of sp³-hybridized carbons (Fsp3) is 0.100. The maximum atomic E-state index is 11.1. The number of sulfonamides is 1. The van der Waals surface area contributed by atoms with Crippen molar-refractivity contribution in [2.45, 2.75) is 5.09 Å². The number of ether oxygens (including phenoxy) is 1. The number of primary sulfonamides is 1. The van der Waals surface area contributed by atoms with Crippen molar-refractivity contribution in [1.82, 2.24) is 0 Å². The topological polar surface area (TPSA) is 120 Å². The lowest BCUT2D eigenvalue weighted by atomic mass is 10.2. The summed E-state index contributed by atoms with van der Waals surface area (Å²) >= 11 is 0. The molecule has 0 saturated heterocycles. The van der Waals surface area contributed by atoms with Gasteiger partial charge in [0.05, 0.1) is 0 Å². The normalized spacial score (nSPS) is 11.6. The molecule has 0 unspecified atom stereocenters. The summed E-state index contributed by atoms with van der Waals surface area (Å²) in [5, 5.41) is 13.6. The van der Waals surface area contributed by atoms with Gasteiger partial charge in [0.2, 0.25) is 5.09 Å². The van der Waals surface area contributed by atoms with Crippen LogP contribution in [0.2, 0.25) is 0 Å². The number of rotatable bonds is 4. The third-order valence-corrected chi connectivity index (χ3v) is 2.87. The Morgan fingerprint density at radius 3 is 2.72 bits per heavy atom. The monoisotopic (exact) mass is 271 g/mol. The quantitative estimate of drug-likeness (QED) is 0.837. The van der Waals surface area contributed by atoms with E-state index in [0.29, 0.717) is 5.39 Å². The molecule has 0 saturated carbocycles. The summed E-state index contributed by atoms with van der Waals surface area (Å²) < 4.78 is 32.1. The molecule has 7 nitrogen and oxygen atoms in total. The van der Waals surface area contributed by atoms with Crippen molar-refractivity contribution in [1.29, 1.82) is 0 Å². The molecular weight excluding hydrogens is 262 g/mol. The van der Waals surface area contributed by atoms with Gasteiger partial charge in [-0.25, -0.2) is 18.4 Å². The van der Waals surface area contributed by atoms with Crippen molar-refractivity contribution in [2.75, 3.05) is 6.61 Å². The van der Waals surface area contributed by atoms with Crippen LogP contribution >= 0.6 is 0 Å². The summed E-state index contributed by atoms with van der Waals surface area (Å²) in [4.78, 5) is 10.3. The Labute approximate surface area is 102 Å². The van der Waals surface area contributed by atoms with Crippen LogP contribution in [0.15, 0.2) is 33.8 Å². The Bertz CT molecular complexity index is 702. The van der Waals surface area contributed by atoms with Crippen molar-refractivity contribution >= 4 is 27.0 Å². The van der Waals surface area contributed by atoms with Crippen molar-refractivity contribution in [2.24, 2.45) is 5.14 Å². The van der Waals surface area contributed by atoms with Crippen LogP contribution in [0.3, 0.4) is 0 Å². The Morgan fingerprint density at radius 2 is 2.11 bits per heavy atom. The molecule has 1 heterocycles. The van der Waals surface area contributed by atoms with Gasteiger partial charge in [0, 0.05) is 17.5 Å². The van der Waals surface area contributed by atoms with E-state index in [1.54, 1.807) is 6.07 Å². The smallest absolute Gasteiger partial charge is 0.341 e. The second-order valence-corrected chi connectivity index (χ2v) is 4.98. The predicted molar refractivity (Wildman–Crippen MR) is 60.7 cm³/mol. The van der Waals surface area contributed by atoms with E-state index in [9.17, 15) is 13.2 Å². The average molecular weight is 271 g/mol. The number of fused-ring (bicyclic) bond motifs is 1. The molecule has 18 heavy (non-hydrogen) atoms. The molecule has 1 aromatic heterocycles. The van der Waals surface area contributed by atoms with E-state index in [-0.39, 0.29) is 16.4 Å². The Hall–Kier alpha value is -2.06. The Kier molecular flexibility index (Phi) is 2.97. The average Bonchev–Trinajstić information content (AvgIpc) is 2.68. The molecule has 0 aliphatic heterocycles. The molecule has 0 fully saturated rings. The van der Waals surface area contributed by atoms with E-state index in [1.807, 2.05) is 0 Å². The molecule has 2 rings (SSSR count). The molecule has 0 atom stereocenters. The third kappa shape index (κ3) is 2.60. The summed E-state index contributed by atoms with van der Waals surface area (Å²) in [6, 6.07) is 5.73. The fourth-order valence-electron chi connectivity index (χ4n) is 1.36. The predicted octanol–water partition coefficient (Wildman–Crippen LogP) is 0.544. The number of carboxylic acids is 1. The summed E-state index contributed by atoms with van der Waals surface area (Å²) in [6.45, 7) is -0.492. The molecule has 0 aliphatic carbocycles. The van der Waals surface area contributed by atoms with Gasteiger partial charge in [-0.05, 0) is 12.1 Å². The van der Waals surface area contributed by atoms with Gasteiger partial charge in [0.15, 0.2) is 6.61 Å². The summed E-state index contributed by atoms with van der Waals surface area (Å²) in [6.07, 6.45) is 0. The largest absolute Gasteiger partial charge is 0.482 e. The third-order valence-electron chi connectivity index (χ3n) is 2.11. The highest BCUT2D eigenvalue weighted by atomic mass is 32.2. The number of carbonyl (C=O) groups is 1. The molecule has 3 N–H and O–H groups in total. The first kappa shape index (κ1) is 12.4. The SMILES string of the molecule is NS(=O)(=O)c1cc2ccc(OCC(=O)O)cc2o1. The number of hydrogen-bond acceptors (Lipinski definition) is 5. The van der Waals surface area contributed by atoms with Gasteiger partial charge in [-0.2, -0.15) is 0 Å². The molecule has 0 spiro atoms. The molecule has 0 amide bonds. The first-order chi connectivity index (χ1) is 8.36. The highest BCUT2D eigenvalue weighted by Gasteiger charge is 2.14. The van der Waals surface area contributed by atoms with Crippen molar-refractivity contribution in [3.05, 3.63) is 24.3 Å². The molecular formula is C10H9NO6S. The van der Waals surface area contributed by atoms with E-state index >= 15 is 0 Å². The van der Waals surface area contributed by atoms with Crippen LogP contribution in [0, 0.1) is 0 Å². The van der Waals surface area contributed by atoms with Gasteiger partial charge in [0.25, 0.3) is 10.0 Å². The molecule has 2 aromatic rings. The summed E-state index contributed by atoms with van der Waals surface area (Å²) in [5.41, 5.74) is 0.252. The molecule has 1 aromatic carbocycles. The van der Waals surface area contributed by atoms with Gasteiger partial charge < -0.3 is 14.3 Å². The number of carboxylic acid groups (broad SMARTS) is 1. The van der Waals surface area contributed by atoms with Crippen molar-refractivity contribution in [3.63, 3.8) is 0 Å². The summed E-state index contributed by atoms with van der Waals surface area (Å²) in [5.74, 6) is -0.847. The first-order valence-corrected chi connectivity index (χ1v) is 6.32. The number of benzene rings is 1. The lowest BCUT2D eigenvalue weighted by Crippen LogP contribution is -2.10. The van der Waals surface area contributed by atoms with Crippen LogP contribution in [0.5, 0.6) is 5.75 Å². The first-order valence-electron chi connectivity index (χ1n) is 4.77. The Balaban J connectivity index is 2.37. The number of nitrogens with two attached hydrogens (primary N) is 1. The van der Waals surface area contributed by atoms with E-state index in [0.717, 1.165) is 0 Å². The van der Waals surface area contributed by atoms with Gasteiger partial charge in [0.1, 0.15) is 11.3 Å². The molecule has 0 aliphatic rings. The van der Waals surface area contributed by atoms with Gasteiger partial charge in [-0.15, -0.1) is 0 Å². The summed E-state index contributed by atoms with van der Waals surface area (Å²) in [7, 11) is -3.90. The molecule has 0 bridgehead atoms. The maximum Gasteiger partial charge on any atom is 0.341 e. The highest BCUT2D eigenvalue weighted by Crippen LogP contribution is 2.25. The van der Waals surface area contributed by atoms with Crippen LogP contribution in [0.4, 0.5) is 0 Å². The van der Waals surface area contributed by atoms with Crippen LogP contribution in [-0.2, 0) is 14.8 Å². The number of hydrogen-bond donors (Lipinski definition) is 2. The van der Waals surface area contributed by atoms with Gasteiger partial charge in [-0.1, -0.05) is 0 Å². The van der Waals surface area contributed by atoms with E-state index < -0.39 is 22.6 Å². The van der Waals surface area contributed by atoms with Crippen LogP contribution in [0.1, 0.15) is 0 Å². The van der Waals surface area contributed by atoms with Gasteiger partial charge >= 0.3 is 5.97 Å². The number of aliphatic carboxylic acids is 1. The van der Waals surface area contributed by atoms with Crippen molar-refractivity contribution < 1.29 is 27.5 Å². The van der Waals surface area contributed by atoms with E-state index in [2.05, 4.69) is 0 Å². The highest BCUT2D eigenvalue weighted by molar-refractivity contribution is 7.89. The fourth-order valence-corrected chi connectivity index (χ4v) is 1.86. The Morgan fingerprint density at radius 1 is 1.39 bits per heavy atom. The van der Waals surface area contributed by atoms with Gasteiger partial charge in [-0.3, -0.25) is 0 Å². The zero-order valence-electron chi connectivity index (χ0n) is 8.99. The minimum absolute atomic E-state index is 0.252. The number of furan rings is 1. The lowest BCUT2D eigenvalue weighted by Gasteiger charge is -2.01. The van der Waals surface area contributed by atoms with E-state index in [4.69, 9.17) is 19.4 Å². The zero-order valence-corrected chi connectivity index (χ0v) is 9.81. The second-order valence-electron chi connectivity index (χ2n) is 3.49. The molecule has 8 heteroatoms. The lowest BCUT2D eigenvalue weighted by molar-refractivity contribution is -0.139. The zero-order chi connectivity index (χ0) is 13.3. The maximum absolute atomic E-state index is 11.1. The minimum atomic E-state index is -3.90. The van der Waals surface area contributed by atoms with E-state index in [1.165, 1.54) is 18.2 Å². The van der Waals surface area contributed by atoms with Crippen molar-refractivity contribution in [3.8, 4) is 5.75 Å². The van der Waals surface area contributed by atoms with Crippen LogP contribution in [0.25, 0.3) is 11.0 Å². The second kappa shape index (κ2) is 4.31. The standard InChI is InChI=1S/C10H9NO6S/c11-18(14,15)10-3-6-1-2-7(4-8(6)17-10)16-5-9(12)13/h1-4H,5H2,(H,12,13)(H2,11,14,15). The molecule has 0 radical (unpaired) electrons. The molecule has 96 valence electrons. The minimum Gasteiger partial charge on any atom is -0.482 e.